The molecular weight excluding hydrogens is 148 g/mol. The van der Waals surface area contributed by atoms with Crippen LogP contribution in [-0.2, 0) is 19.0 Å². The van der Waals surface area contributed by atoms with Crippen molar-refractivity contribution in [2.24, 2.45) is 0 Å². The van der Waals surface area contributed by atoms with Crippen LogP contribution in [0.2, 0.25) is 0 Å². The standard InChI is InChI=1S/C7H11O4/c1-3-10-6(8)7(2)4-9-5-11-7/h5H,3-4H2,1-2H3. The van der Waals surface area contributed by atoms with Crippen LogP contribution in [0.25, 0.3) is 0 Å². The minimum atomic E-state index is -0.935. The summed E-state index contributed by atoms with van der Waals surface area (Å²) in [5.74, 6) is -0.381. The van der Waals surface area contributed by atoms with E-state index in [0.29, 0.717) is 6.61 Å². The van der Waals surface area contributed by atoms with E-state index in [9.17, 15) is 4.79 Å². The average molecular weight is 159 g/mol. The molecule has 1 heterocycles. The van der Waals surface area contributed by atoms with Gasteiger partial charge in [0.2, 0.25) is 6.79 Å². The molecule has 0 spiro atoms. The quantitative estimate of drug-likeness (QED) is 0.549. The first kappa shape index (κ1) is 8.49. The summed E-state index contributed by atoms with van der Waals surface area (Å²) >= 11 is 0. The zero-order valence-corrected chi connectivity index (χ0v) is 6.62. The van der Waals surface area contributed by atoms with Gasteiger partial charge in [0.1, 0.15) is 0 Å². The minimum absolute atomic E-state index is 0.228. The second-order valence-corrected chi connectivity index (χ2v) is 2.48. The van der Waals surface area contributed by atoms with Crippen LogP contribution in [0.4, 0.5) is 0 Å². The van der Waals surface area contributed by atoms with Crippen LogP contribution in [0, 0.1) is 6.79 Å². The number of hydrogen-bond acceptors (Lipinski definition) is 4. The van der Waals surface area contributed by atoms with E-state index in [-0.39, 0.29) is 12.6 Å². The molecule has 0 aliphatic carbocycles. The summed E-state index contributed by atoms with van der Waals surface area (Å²) in [4.78, 5) is 11.1. The Morgan fingerprint density at radius 3 is 3.00 bits per heavy atom. The normalized spacial score (nSPS) is 30.4. The lowest BCUT2D eigenvalue weighted by atomic mass is 10.1. The van der Waals surface area contributed by atoms with Crippen LogP contribution >= 0.6 is 0 Å². The highest BCUT2D eigenvalue weighted by molar-refractivity contribution is 5.79. The largest absolute Gasteiger partial charge is 0.464 e. The Kier molecular flexibility index (Phi) is 2.46. The molecule has 1 atom stereocenters. The van der Waals surface area contributed by atoms with E-state index in [1.54, 1.807) is 13.8 Å². The first-order valence-electron chi connectivity index (χ1n) is 3.47. The molecule has 1 fully saturated rings. The lowest BCUT2D eigenvalue weighted by Gasteiger charge is -2.17. The molecule has 0 aromatic carbocycles. The molecule has 0 saturated carbocycles. The third kappa shape index (κ3) is 1.70. The maximum atomic E-state index is 11.1. The molecule has 1 unspecified atom stereocenters. The number of carbonyl (C=O) groups excluding carboxylic acids is 1. The summed E-state index contributed by atoms with van der Waals surface area (Å²) in [6, 6.07) is 0. The minimum Gasteiger partial charge on any atom is -0.464 e. The Hall–Kier alpha value is -0.610. The molecule has 0 bridgehead atoms. The lowest BCUT2D eigenvalue weighted by Crippen LogP contribution is -2.38. The van der Waals surface area contributed by atoms with Crippen molar-refractivity contribution >= 4 is 5.97 Å². The van der Waals surface area contributed by atoms with Crippen LogP contribution in [0.3, 0.4) is 0 Å². The molecule has 1 radical (unpaired) electrons. The zero-order chi connectivity index (χ0) is 8.32. The maximum Gasteiger partial charge on any atom is 0.340 e. The fraction of sp³-hybridized carbons (Fsp3) is 0.714. The van der Waals surface area contributed by atoms with Crippen molar-refractivity contribution in [3.05, 3.63) is 6.79 Å². The summed E-state index contributed by atoms with van der Waals surface area (Å²) in [5, 5.41) is 0. The fourth-order valence-electron chi connectivity index (χ4n) is 0.758. The molecular formula is C7H11O4. The first-order chi connectivity index (χ1) is 5.19. The third-order valence-corrected chi connectivity index (χ3v) is 1.44. The van der Waals surface area contributed by atoms with E-state index < -0.39 is 5.60 Å². The second-order valence-electron chi connectivity index (χ2n) is 2.48. The maximum absolute atomic E-state index is 11.1. The Morgan fingerprint density at radius 2 is 2.55 bits per heavy atom. The van der Waals surface area contributed by atoms with E-state index >= 15 is 0 Å². The summed E-state index contributed by atoms with van der Waals surface area (Å²) in [7, 11) is 0. The Labute approximate surface area is 65.4 Å². The van der Waals surface area contributed by atoms with Gasteiger partial charge in [-0.05, 0) is 13.8 Å². The fourth-order valence-corrected chi connectivity index (χ4v) is 0.758. The van der Waals surface area contributed by atoms with Crippen LogP contribution in [0.5, 0.6) is 0 Å². The molecule has 63 valence electrons. The molecule has 4 heteroatoms. The van der Waals surface area contributed by atoms with Crippen molar-refractivity contribution in [2.75, 3.05) is 13.2 Å². The number of hydrogen-bond donors (Lipinski definition) is 0. The highest BCUT2D eigenvalue weighted by Gasteiger charge is 2.40. The Bertz CT molecular complexity index is 149. The van der Waals surface area contributed by atoms with E-state index in [2.05, 4.69) is 0 Å². The zero-order valence-electron chi connectivity index (χ0n) is 6.62. The number of rotatable bonds is 2. The van der Waals surface area contributed by atoms with E-state index in [0.717, 1.165) is 6.79 Å². The Morgan fingerprint density at radius 1 is 1.82 bits per heavy atom. The predicted octanol–water partition coefficient (Wildman–Crippen LogP) is 0.474. The van der Waals surface area contributed by atoms with Crippen molar-refractivity contribution in [1.29, 1.82) is 0 Å². The molecule has 1 saturated heterocycles. The molecule has 0 N–H and O–H groups in total. The number of esters is 1. The molecule has 1 rings (SSSR count). The number of ether oxygens (including phenoxy) is 3. The second kappa shape index (κ2) is 3.19. The topological polar surface area (TPSA) is 44.8 Å². The lowest BCUT2D eigenvalue weighted by molar-refractivity contribution is -0.161. The van der Waals surface area contributed by atoms with Gasteiger partial charge in [-0.15, -0.1) is 0 Å². The van der Waals surface area contributed by atoms with Gasteiger partial charge in [0.15, 0.2) is 5.60 Å². The van der Waals surface area contributed by atoms with Gasteiger partial charge >= 0.3 is 5.97 Å². The van der Waals surface area contributed by atoms with Crippen molar-refractivity contribution < 1.29 is 19.0 Å². The average Bonchev–Trinajstić information content (AvgIpc) is 2.38. The number of carbonyl (C=O) groups is 1. The molecule has 1 aliphatic rings. The smallest absolute Gasteiger partial charge is 0.340 e. The van der Waals surface area contributed by atoms with Crippen LogP contribution in [0.1, 0.15) is 13.8 Å². The SMILES string of the molecule is CCOC(=O)C1(C)CO[CH]O1. The highest BCUT2D eigenvalue weighted by atomic mass is 16.7. The Balaban J connectivity index is 2.49. The van der Waals surface area contributed by atoms with E-state index in [4.69, 9.17) is 14.2 Å². The van der Waals surface area contributed by atoms with Gasteiger partial charge in [0.25, 0.3) is 0 Å². The van der Waals surface area contributed by atoms with E-state index in [1.807, 2.05) is 0 Å². The van der Waals surface area contributed by atoms with Crippen LogP contribution in [0.15, 0.2) is 0 Å². The van der Waals surface area contributed by atoms with E-state index in [1.165, 1.54) is 0 Å². The van der Waals surface area contributed by atoms with Crippen molar-refractivity contribution in [2.45, 2.75) is 19.4 Å². The molecule has 0 aromatic heterocycles. The predicted molar refractivity (Wildman–Crippen MR) is 36.4 cm³/mol. The van der Waals surface area contributed by atoms with Gasteiger partial charge in [-0.3, -0.25) is 0 Å². The summed E-state index contributed by atoms with van der Waals surface area (Å²) < 4.78 is 14.5. The monoisotopic (exact) mass is 159 g/mol. The molecule has 1 aliphatic heterocycles. The van der Waals surface area contributed by atoms with Crippen molar-refractivity contribution in [1.82, 2.24) is 0 Å². The van der Waals surface area contributed by atoms with Crippen LogP contribution in [-0.4, -0.2) is 24.8 Å². The molecule has 4 nitrogen and oxygen atoms in total. The van der Waals surface area contributed by atoms with Gasteiger partial charge < -0.3 is 14.2 Å². The summed E-state index contributed by atoms with van der Waals surface area (Å²) in [6.07, 6.45) is 0. The third-order valence-electron chi connectivity index (χ3n) is 1.44. The molecule has 0 amide bonds. The molecule has 11 heavy (non-hydrogen) atoms. The van der Waals surface area contributed by atoms with Crippen molar-refractivity contribution in [3.8, 4) is 0 Å². The highest BCUT2D eigenvalue weighted by Crippen LogP contribution is 2.21. The van der Waals surface area contributed by atoms with Gasteiger partial charge in [0.05, 0.1) is 13.2 Å². The summed E-state index contributed by atoms with van der Waals surface area (Å²) in [6.45, 7) is 5.13. The van der Waals surface area contributed by atoms with Crippen molar-refractivity contribution in [3.63, 3.8) is 0 Å². The first-order valence-corrected chi connectivity index (χ1v) is 3.47. The van der Waals surface area contributed by atoms with Crippen LogP contribution < -0.4 is 0 Å². The van der Waals surface area contributed by atoms with Gasteiger partial charge in [-0.25, -0.2) is 4.79 Å². The van der Waals surface area contributed by atoms with Gasteiger partial charge in [-0.1, -0.05) is 0 Å². The van der Waals surface area contributed by atoms with Gasteiger partial charge in [0, 0.05) is 0 Å². The summed E-state index contributed by atoms with van der Waals surface area (Å²) in [5.41, 5.74) is -0.935. The van der Waals surface area contributed by atoms with Gasteiger partial charge in [-0.2, -0.15) is 0 Å². The molecule has 0 aromatic rings.